The summed E-state index contributed by atoms with van der Waals surface area (Å²) in [4.78, 5) is 3.90. The number of aromatic nitrogens is 4. The van der Waals surface area contributed by atoms with Gasteiger partial charge in [-0.05, 0) is 39.7 Å². The van der Waals surface area contributed by atoms with Gasteiger partial charge in [-0.15, -0.1) is 10.2 Å². The van der Waals surface area contributed by atoms with Crippen LogP contribution in [0, 0.1) is 0 Å². The van der Waals surface area contributed by atoms with Crippen LogP contribution in [0.5, 0.6) is 0 Å². The van der Waals surface area contributed by atoms with Crippen LogP contribution in [-0.4, -0.2) is 33.0 Å². The fourth-order valence-corrected chi connectivity index (χ4v) is 3.86. The van der Waals surface area contributed by atoms with E-state index in [9.17, 15) is 13.2 Å². The minimum absolute atomic E-state index is 0.134. The Bertz CT molecular complexity index is 1080. The van der Waals surface area contributed by atoms with Gasteiger partial charge >= 0.3 is 6.18 Å². The second-order valence-electron chi connectivity index (χ2n) is 7.39. The van der Waals surface area contributed by atoms with Gasteiger partial charge in [0.15, 0.2) is 12.0 Å². The molecule has 2 aromatic heterocycles. The molecule has 3 heterocycles. The van der Waals surface area contributed by atoms with Gasteiger partial charge in [0.25, 0.3) is 0 Å². The molecule has 0 amide bonds. The molecule has 31 heavy (non-hydrogen) atoms. The maximum atomic E-state index is 15.5. The van der Waals surface area contributed by atoms with E-state index in [1.165, 1.54) is 17.1 Å². The Labute approximate surface area is 183 Å². The number of benzene rings is 1. The van der Waals surface area contributed by atoms with Crippen molar-refractivity contribution in [1.29, 1.82) is 0 Å². The van der Waals surface area contributed by atoms with Crippen LogP contribution in [0.3, 0.4) is 0 Å². The van der Waals surface area contributed by atoms with Crippen molar-refractivity contribution in [1.82, 2.24) is 19.7 Å². The van der Waals surface area contributed by atoms with E-state index in [2.05, 4.69) is 36.4 Å². The lowest BCUT2D eigenvalue weighted by molar-refractivity contribution is -0.138. The molecule has 1 aliphatic rings. The summed E-state index contributed by atoms with van der Waals surface area (Å²) in [6.45, 7) is 0.186. The smallest absolute Gasteiger partial charge is 0.379 e. The number of aryl methyl sites for hydroxylation is 1. The molecule has 1 atom stereocenters. The van der Waals surface area contributed by atoms with E-state index in [4.69, 9.17) is 4.74 Å². The highest BCUT2D eigenvalue weighted by Gasteiger charge is 2.50. The first-order chi connectivity index (χ1) is 14.7. The summed E-state index contributed by atoms with van der Waals surface area (Å²) in [7, 11) is 1.66. The quantitative estimate of drug-likeness (QED) is 0.502. The molecule has 1 fully saturated rings. The molecule has 11 heteroatoms. The predicted octanol–water partition coefficient (Wildman–Crippen LogP) is 4.58. The van der Waals surface area contributed by atoms with Gasteiger partial charge in [0.1, 0.15) is 6.33 Å². The zero-order valence-electron chi connectivity index (χ0n) is 16.3. The molecule has 1 saturated heterocycles. The highest BCUT2D eigenvalue weighted by molar-refractivity contribution is 9.10. The highest BCUT2D eigenvalue weighted by Crippen LogP contribution is 2.45. The Balaban J connectivity index is 1.58. The largest absolute Gasteiger partial charge is 0.418 e. The van der Waals surface area contributed by atoms with E-state index in [0.29, 0.717) is 11.3 Å². The van der Waals surface area contributed by atoms with Gasteiger partial charge in [-0.2, -0.15) is 13.2 Å². The predicted molar refractivity (Wildman–Crippen MR) is 108 cm³/mol. The zero-order chi connectivity index (χ0) is 22.2. The van der Waals surface area contributed by atoms with Crippen molar-refractivity contribution in [2.24, 2.45) is 7.05 Å². The van der Waals surface area contributed by atoms with Crippen LogP contribution in [-0.2, 0) is 29.9 Å². The molecule has 1 aliphatic heterocycles. The molecule has 1 unspecified atom stereocenters. The van der Waals surface area contributed by atoms with Crippen LogP contribution >= 0.6 is 15.9 Å². The molecule has 0 bridgehead atoms. The number of ether oxygens (including phenoxy) is 1. The summed E-state index contributed by atoms with van der Waals surface area (Å²) in [5, 5.41) is 10.6. The van der Waals surface area contributed by atoms with E-state index in [1.807, 2.05) is 0 Å². The summed E-state index contributed by atoms with van der Waals surface area (Å²) in [6, 6.07) is 7.92. The fourth-order valence-electron chi connectivity index (χ4n) is 3.53. The Hall–Kier alpha value is -2.53. The second-order valence-corrected chi connectivity index (χ2v) is 8.31. The van der Waals surface area contributed by atoms with Crippen molar-refractivity contribution in [2.45, 2.75) is 24.3 Å². The summed E-state index contributed by atoms with van der Waals surface area (Å²) < 4.78 is 62.5. The Morgan fingerprint density at radius 3 is 2.68 bits per heavy atom. The van der Waals surface area contributed by atoms with Gasteiger partial charge in [-0.3, -0.25) is 4.98 Å². The molecule has 4 rings (SSSR count). The van der Waals surface area contributed by atoms with Gasteiger partial charge in [-0.1, -0.05) is 12.1 Å². The van der Waals surface area contributed by atoms with Crippen LogP contribution in [0.15, 0.2) is 47.3 Å². The van der Waals surface area contributed by atoms with Gasteiger partial charge in [-0.25, -0.2) is 4.39 Å². The van der Waals surface area contributed by atoms with E-state index < -0.39 is 23.3 Å². The monoisotopic (exact) mass is 499 g/mol. The SMILES string of the molecule is Cn1cnnc1C(F)C1(c2cccc(NCc3ncc(Br)cc3C(F)(F)F)c2)COC1. The van der Waals surface area contributed by atoms with Gasteiger partial charge in [0, 0.05) is 23.4 Å². The standard InChI is InChI=1S/C20H18BrF4N5O/c1-30-11-28-29-18(30)17(22)19(9-31-10-19)12-3-2-4-14(5-12)26-8-16-15(20(23,24)25)6-13(21)7-27-16/h2-7,11,17,26H,8-10H2,1H3. The van der Waals surface area contributed by atoms with Gasteiger partial charge in [0.2, 0.25) is 0 Å². The highest BCUT2D eigenvalue weighted by atomic mass is 79.9. The van der Waals surface area contributed by atoms with E-state index in [1.54, 1.807) is 31.3 Å². The number of alkyl halides is 4. The Kier molecular flexibility index (Phi) is 5.73. The van der Waals surface area contributed by atoms with Crippen LogP contribution in [0.1, 0.15) is 28.8 Å². The molecule has 1 N–H and O–H groups in total. The number of rotatable bonds is 6. The van der Waals surface area contributed by atoms with Crippen LogP contribution in [0.25, 0.3) is 0 Å². The molecular weight excluding hydrogens is 482 g/mol. The molecule has 0 radical (unpaired) electrons. The number of pyridine rings is 1. The van der Waals surface area contributed by atoms with Gasteiger partial charge < -0.3 is 14.6 Å². The van der Waals surface area contributed by atoms with Gasteiger partial charge in [0.05, 0.1) is 36.4 Å². The first-order valence-electron chi connectivity index (χ1n) is 9.32. The summed E-state index contributed by atoms with van der Waals surface area (Å²) >= 11 is 3.02. The van der Waals surface area contributed by atoms with Crippen molar-refractivity contribution in [3.8, 4) is 0 Å². The number of halogens is 5. The van der Waals surface area contributed by atoms with Crippen molar-refractivity contribution >= 4 is 21.6 Å². The van der Waals surface area contributed by atoms with Crippen molar-refractivity contribution in [2.75, 3.05) is 18.5 Å². The van der Waals surface area contributed by atoms with Crippen molar-refractivity contribution < 1.29 is 22.3 Å². The summed E-state index contributed by atoms with van der Waals surface area (Å²) in [6.07, 6.45) is -3.23. The normalized spacial score (nSPS) is 16.6. The Morgan fingerprint density at radius 2 is 2.06 bits per heavy atom. The third kappa shape index (κ3) is 4.16. The number of nitrogens with one attached hydrogen (secondary N) is 1. The summed E-state index contributed by atoms with van der Waals surface area (Å²) in [5.74, 6) is 0.190. The third-order valence-electron chi connectivity index (χ3n) is 5.32. The molecule has 0 spiro atoms. The molecule has 0 saturated carbocycles. The van der Waals surface area contributed by atoms with E-state index in [0.717, 1.165) is 6.07 Å². The molecular formula is C20H18BrF4N5O. The molecule has 3 aromatic rings. The maximum absolute atomic E-state index is 15.5. The molecule has 0 aliphatic carbocycles. The first-order valence-corrected chi connectivity index (χ1v) is 10.1. The summed E-state index contributed by atoms with van der Waals surface area (Å²) in [5.41, 5.74) is -0.678. The lowest BCUT2D eigenvalue weighted by Crippen LogP contribution is -2.50. The number of hydrogen-bond acceptors (Lipinski definition) is 5. The number of nitrogens with zero attached hydrogens (tertiary/aromatic N) is 4. The minimum Gasteiger partial charge on any atom is -0.379 e. The minimum atomic E-state index is -4.53. The lowest BCUT2D eigenvalue weighted by atomic mass is 9.74. The first kappa shape index (κ1) is 21.7. The second kappa shape index (κ2) is 8.19. The lowest BCUT2D eigenvalue weighted by Gasteiger charge is -2.43. The van der Waals surface area contributed by atoms with Crippen molar-refractivity contribution in [3.63, 3.8) is 0 Å². The molecule has 1 aromatic carbocycles. The number of anilines is 1. The third-order valence-corrected chi connectivity index (χ3v) is 5.75. The van der Waals surface area contributed by atoms with E-state index in [-0.39, 0.29) is 35.7 Å². The zero-order valence-corrected chi connectivity index (χ0v) is 17.9. The maximum Gasteiger partial charge on any atom is 0.418 e. The number of hydrogen-bond donors (Lipinski definition) is 1. The van der Waals surface area contributed by atoms with Crippen LogP contribution in [0.2, 0.25) is 0 Å². The molecule has 6 nitrogen and oxygen atoms in total. The average Bonchev–Trinajstić information content (AvgIpc) is 3.11. The Morgan fingerprint density at radius 1 is 1.29 bits per heavy atom. The van der Waals surface area contributed by atoms with E-state index >= 15 is 4.39 Å². The van der Waals surface area contributed by atoms with Crippen molar-refractivity contribution in [3.05, 3.63) is 70.0 Å². The van der Waals surface area contributed by atoms with Crippen LogP contribution < -0.4 is 5.32 Å². The van der Waals surface area contributed by atoms with Crippen LogP contribution in [0.4, 0.5) is 23.2 Å². The topological polar surface area (TPSA) is 64.9 Å². The molecule has 164 valence electrons. The average molecular weight is 500 g/mol. The fraction of sp³-hybridized carbons (Fsp3) is 0.350.